The lowest BCUT2D eigenvalue weighted by Gasteiger charge is -2.48. The Morgan fingerprint density at radius 3 is 2.73 bits per heavy atom. The largest absolute Gasteiger partial charge is 0.481 e. The van der Waals surface area contributed by atoms with E-state index >= 15 is 0 Å². The number of hydrogen-bond donors (Lipinski definition) is 1. The van der Waals surface area contributed by atoms with Crippen molar-refractivity contribution in [3.8, 4) is 0 Å². The Labute approximate surface area is 203 Å². The summed E-state index contributed by atoms with van der Waals surface area (Å²) in [6.07, 6.45) is 8.12. The van der Waals surface area contributed by atoms with Crippen LogP contribution in [0.3, 0.4) is 0 Å². The van der Waals surface area contributed by atoms with Crippen LogP contribution in [0.2, 0.25) is 5.02 Å². The number of benzene rings is 1. The first-order valence-electron chi connectivity index (χ1n) is 12.1. The number of carbonyl (C=O) groups excluding carboxylic acids is 1. The van der Waals surface area contributed by atoms with Gasteiger partial charge < -0.3 is 14.7 Å². The number of hydrogen-bond acceptors (Lipinski definition) is 3. The van der Waals surface area contributed by atoms with Gasteiger partial charge in [-0.15, -0.1) is 0 Å². The number of nitrogens with zero attached hydrogens (tertiary/aromatic N) is 1. The summed E-state index contributed by atoms with van der Waals surface area (Å²) < 4.78 is 5.37. The van der Waals surface area contributed by atoms with Gasteiger partial charge in [0.1, 0.15) is 0 Å². The zero-order valence-electron chi connectivity index (χ0n) is 20.5. The van der Waals surface area contributed by atoms with Crippen molar-refractivity contribution in [3.05, 3.63) is 46.1 Å². The van der Waals surface area contributed by atoms with Crippen LogP contribution in [-0.4, -0.2) is 42.1 Å². The van der Waals surface area contributed by atoms with E-state index < -0.39 is 5.97 Å². The molecule has 1 heterocycles. The van der Waals surface area contributed by atoms with Crippen LogP contribution in [0.5, 0.6) is 0 Å². The monoisotopic (exact) mass is 475 g/mol. The van der Waals surface area contributed by atoms with Crippen LogP contribution < -0.4 is 0 Å². The fourth-order valence-corrected chi connectivity index (χ4v) is 5.57. The fourth-order valence-electron chi connectivity index (χ4n) is 5.30. The highest BCUT2D eigenvalue weighted by Gasteiger charge is 2.47. The molecule has 3 rings (SSSR count). The van der Waals surface area contributed by atoms with Gasteiger partial charge in [-0.3, -0.25) is 9.59 Å². The molecule has 1 aliphatic carbocycles. The summed E-state index contributed by atoms with van der Waals surface area (Å²) in [5.74, 6) is -0.603. The molecular weight excluding hydrogens is 438 g/mol. The van der Waals surface area contributed by atoms with E-state index in [1.807, 2.05) is 6.20 Å². The van der Waals surface area contributed by atoms with Crippen molar-refractivity contribution >= 4 is 23.5 Å². The van der Waals surface area contributed by atoms with Gasteiger partial charge in [-0.05, 0) is 66.2 Å². The molecule has 1 aromatic carbocycles. The molecule has 1 amide bonds. The van der Waals surface area contributed by atoms with E-state index in [4.69, 9.17) is 21.4 Å². The summed E-state index contributed by atoms with van der Waals surface area (Å²) in [5, 5.41) is 9.89. The number of allylic oxidation sites excluding steroid dienone is 1. The number of carbonyl (C=O) groups is 2. The van der Waals surface area contributed by atoms with Gasteiger partial charge in [-0.2, -0.15) is 0 Å². The van der Waals surface area contributed by atoms with Crippen molar-refractivity contribution in [2.45, 2.75) is 77.6 Å². The molecule has 2 aliphatic rings. The van der Waals surface area contributed by atoms with E-state index in [0.29, 0.717) is 18.9 Å². The zero-order chi connectivity index (χ0) is 24.2. The molecule has 0 aromatic heterocycles. The van der Waals surface area contributed by atoms with Crippen molar-refractivity contribution in [3.63, 3.8) is 0 Å². The topological polar surface area (TPSA) is 66.8 Å². The Morgan fingerprint density at radius 1 is 1.33 bits per heavy atom. The summed E-state index contributed by atoms with van der Waals surface area (Å²) in [7, 11) is 1.71. The molecule has 0 spiro atoms. The third-order valence-electron chi connectivity index (χ3n) is 7.20. The first-order chi connectivity index (χ1) is 15.6. The van der Waals surface area contributed by atoms with Gasteiger partial charge >= 0.3 is 5.97 Å². The van der Waals surface area contributed by atoms with Gasteiger partial charge in [0.05, 0.1) is 6.42 Å². The number of rotatable bonds is 9. The number of fused-ring (bicyclic) bond motifs is 1. The van der Waals surface area contributed by atoms with Crippen LogP contribution in [0.15, 0.2) is 30.0 Å². The molecule has 1 aromatic rings. The summed E-state index contributed by atoms with van der Waals surface area (Å²) in [6.45, 7) is 7.57. The minimum absolute atomic E-state index is 0.0136. The Kier molecular flexibility index (Phi) is 8.28. The molecule has 182 valence electrons. The fraction of sp³-hybridized carbons (Fsp3) is 0.630. The quantitative estimate of drug-likeness (QED) is 0.476. The van der Waals surface area contributed by atoms with Gasteiger partial charge in [0, 0.05) is 43.3 Å². The van der Waals surface area contributed by atoms with E-state index in [1.165, 1.54) is 5.57 Å². The number of carboxylic acid groups (broad SMARTS) is 1. The maximum absolute atomic E-state index is 13.2. The highest BCUT2D eigenvalue weighted by molar-refractivity contribution is 6.31. The number of ether oxygens (including phenoxy) is 1. The summed E-state index contributed by atoms with van der Waals surface area (Å²) >= 11 is 6.77. The lowest BCUT2D eigenvalue weighted by molar-refractivity contribution is -0.138. The summed E-state index contributed by atoms with van der Waals surface area (Å²) in [6, 6.07) is 6.37. The minimum Gasteiger partial charge on any atom is -0.481 e. The van der Waals surface area contributed by atoms with Crippen LogP contribution in [0.4, 0.5) is 0 Å². The molecule has 1 aliphatic heterocycles. The number of aryl methyl sites for hydroxylation is 1. The standard InChI is InChI=1S/C27H38ClNO4/c1-26(2,3)13-9-20-7-8-21(16-23(20)28)27-12-5-6-19(11-15-33-4)22(27)18-29(24(30)17-27)14-10-25(31)32/h7-8,16,18-19H,5-6,9-15,17H2,1-4H3,(H,31,32). The normalized spacial score (nSPS) is 23.3. The molecule has 0 radical (unpaired) electrons. The van der Waals surface area contributed by atoms with Crippen LogP contribution >= 0.6 is 11.6 Å². The molecule has 2 atom stereocenters. The van der Waals surface area contributed by atoms with Crippen molar-refractivity contribution < 1.29 is 19.4 Å². The van der Waals surface area contributed by atoms with Crippen molar-refractivity contribution in [2.75, 3.05) is 20.3 Å². The Hall–Kier alpha value is -1.85. The third-order valence-corrected chi connectivity index (χ3v) is 7.56. The molecule has 5 nitrogen and oxygen atoms in total. The third kappa shape index (κ3) is 6.19. The van der Waals surface area contributed by atoms with Crippen molar-refractivity contribution in [1.82, 2.24) is 4.90 Å². The zero-order valence-corrected chi connectivity index (χ0v) is 21.2. The second kappa shape index (κ2) is 10.6. The lowest BCUT2D eigenvalue weighted by Crippen LogP contribution is -2.47. The van der Waals surface area contributed by atoms with Crippen molar-refractivity contribution in [2.24, 2.45) is 11.3 Å². The van der Waals surface area contributed by atoms with Crippen LogP contribution in [-0.2, 0) is 26.2 Å². The van der Waals surface area contributed by atoms with Gasteiger partial charge in [-0.1, -0.05) is 50.9 Å². The molecule has 1 saturated carbocycles. The maximum atomic E-state index is 13.2. The lowest BCUT2D eigenvalue weighted by atomic mass is 9.59. The Balaban J connectivity index is 1.98. The first kappa shape index (κ1) is 25.8. The van der Waals surface area contributed by atoms with Gasteiger partial charge in [-0.25, -0.2) is 0 Å². The molecule has 2 unspecified atom stereocenters. The van der Waals surface area contributed by atoms with E-state index in [1.54, 1.807) is 12.0 Å². The highest BCUT2D eigenvalue weighted by atomic mass is 35.5. The second-order valence-electron chi connectivity index (χ2n) is 10.8. The SMILES string of the molecule is COCCC1CCCC2(c3ccc(CCC(C)(C)C)c(Cl)c3)CC(=O)N(CCC(=O)O)C=C12. The molecule has 1 N–H and O–H groups in total. The average molecular weight is 476 g/mol. The predicted octanol–water partition coefficient (Wildman–Crippen LogP) is 5.98. The summed E-state index contributed by atoms with van der Waals surface area (Å²) in [4.78, 5) is 25.9. The van der Waals surface area contributed by atoms with E-state index in [0.717, 1.165) is 54.7 Å². The van der Waals surface area contributed by atoms with Crippen LogP contribution in [0.25, 0.3) is 0 Å². The smallest absolute Gasteiger partial charge is 0.305 e. The van der Waals surface area contributed by atoms with Gasteiger partial charge in [0.15, 0.2) is 0 Å². The molecular formula is C27H38ClNO4. The van der Waals surface area contributed by atoms with Crippen LogP contribution in [0.1, 0.15) is 76.8 Å². The number of halogens is 1. The molecule has 33 heavy (non-hydrogen) atoms. The molecule has 0 bridgehead atoms. The van der Waals surface area contributed by atoms with E-state index in [9.17, 15) is 9.59 Å². The Bertz CT molecular complexity index is 904. The number of methoxy groups -OCH3 is 1. The van der Waals surface area contributed by atoms with Crippen molar-refractivity contribution in [1.29, 1.82) is 0 Å². The average Bonchev–Trinajstić information content (AvgIpc) is 2.74. The van der Waals surface area contributed by atoms with Gasteiger partial charge in [0.2, 0.25) is 5.91 Å². The maximum Gasteiger partial charge on any atom is 0.305 e. The van der Waals surface area contributed by atoms with Gasteiger partial charge in [0.25, 0.3) is 0 Å². The number of aliphatic carboxylic acids is 1. The number of carboxylic acids is 1. The molecule has 6 heteroatoms. The second-order valence-corrected chi connectivity index (χ2v) is 11.2. The Morgan fingerprint density at radius 2 is 2.09 bits per heavy atom. The predicted molar refractivity (Wildman–Crippen MR) is 131 cm³/mol. The summed E-state index contributed by atoms with van der Waals surface area (Å²) in [5.41, 5.74) is 3.35. The van der Waals surface area contributed by atoms with E-state index in [-0.39, 0.29) is 29.7 Å². The minimum atomic E-state index is -0.893. The number of amides is 1. The molecule has 1 fully saturated rings. The molecule has 0 saturated heterocycles. The first-order valence-corrected chi connectivity index (χ1v) is 12.4. The van der Waals surface area contributed by atoms with Crippen LogP contribution in [0, 0.1) is 11.3 Å². The van der Waals surface area contributed by atoms with E-state index in [2.05, 4.69) is 39.0 Å². The highest BCUT2D eigenvalue weighted by Crippen LogP contribution is 2.52.